The van der Waals surface area contributed by atoms with Crippen LogP contribution >= 0.6 is 11.6 Å². The molecule has 1 N–H and O–H groups in total. The number of nitrogens with zero attached hydrogens (tertiary/aromatic N) is 2. The quantitative estimate of drug-likeness (QED) is 0.711. The molecule has 126 valence electrons. The van der Waals surface area contributed by atoms with E-state index >= 15 is 0 Å². The second-order valence-electron chi connectivity index (χ2n) is 5.12. The molecule has 0 bridgehead atoms. The Hall–Kier alpha value is -2.99. The van der Waals surface area contributed by atoms with E-state index in [9.17, 15) is 9.18 Å². The molecule has 1 aromatic carbocycles. The van der Waals surface area contributed by atoms with Gasteiger partial charge in [-0.1, -0.05) is 23.7 Å². The molecule has 0 aliphatic carbocycles. The third kappa shape index (κ3) is 3.92. The summed E-state index contributed by atoms with van der Waals surface area (Å²) in [5.74, 6) is -0.332. The molecule has 2 aromatic heterocycles. The molecule has 0 atom stereocenters. The zero-order valence-electron chi connectivity index (χ0n) is 13.2. The number of aromatic nitrogens is 2. The van der Waals surface area contributed by atoms with Gasteiger partial charge >= 0.3 is 0 Å². The molecule has 25 heavy (non-hydrogen) atoms. The summed E-state index contributed by atoms with van der Waals surface area (Å²) >= 11 is 6.09. The molecule has 0 saturated carbocycles. The number of nitrogens with one attached hydrogen (secondary N) is 1. The Morgan fingerprint density at radius 3 is 2.68 bits per heavy atom. The first-order valence-corrected chi connectivity index (χ1v) is 7.67. The number of halogens is 2. The van der Waals surface area contributed by atoms with Crippen molar-refractivity contribution in [2.75, 3.05) is 12.4 Å². The minimum atomic E-state index is -0.396. The average Bonchev–Trinajstić information content (AvgIpc) is 2.62. The first kappa shape index (κ1) is 16.9. The van der Waals surface area contributed by atoms with Crippen LogP contribution in [0.5, 0.6) is 5.88 Å². The fourth-order valence-electron chi connectivity index (χ4n) is 2.21. The molecule has 0 spiro atoms. The van der Waals surface area contributed by atoms with Crippen LogP contribution in [-0.2, 0) is 0 Å². The van der Waals surface area contributed by atoms with Crippen molar-refractivity contribution in [3.63, 3.8) is 0 Å². The standard InChI is InChI=1S/C18H13ClFN3O2/c1-25-16-6-5-14(10-21-16)23-18(24)12-8-15(17(19)22-9-12)11-3-2-4-13(20)7-11/h2-10H,1H3,(H,23,24). The number of amides is 1. The highest BCUT2D eigenvalue weighted by molar-refractivity contribution is 6.32. The van der Waals surface area contributed by atoms with E-state index in [4.69, 9.17) is 16.3 Å². The van der Waals surface area contributed by atoms with E-state index in [2.05, 4.69) is 15.3 Å². The number of methoxy groups -OCH3 is 1. The molecule has 0 aliphatic rings. The van der Waals surface area contributed by atoms with Crippen molar-refractivity contribution in [1.29, 1.82) is 0 Å². The zero-order valence-corrected chi connectivity index (χ0v) is 13.9. The van der Waals surface area contributed by atoms with Crippen LogP contribution in [0.1, 0.15) is 10.4 Å². The van der Waals surface area contributed by atoms with Crippen LogP contribution in [0.15, 0.2) is 54.9 Å². The Morgan fingerprint density at radius 2 is 2.00 bits per heavy atom. The van der Waals surface area contributed by atoms with Gasteiger partial charge in [0.25, 0.3) is 5.91 Å². The molecule has 3 rings (SSSR count). The molecule has 0 unspecified atom stereocenters. The Labute approximate surface area is 148 Å². The molecule has 0 saturated heterocycles. The van der Waals surface area contributed by atoms with Crippen molar-refractivity contribution in [1.82, 2.24) is 9.97 Å². The van der Waals surface area contributed by atoms with Crippen LogP contribution in [0.2, 0.25) is 5.15 Å². The van der Waals surface area contributed by atoms with Gasteiger partial charge in [0.05, 0.1) is 24.6 Å². The Kier molecular flexibility index (Phi) is 4.90. The summed E-state index contributed by atoms with van der Waals surface area (Å²) in [6.45, 7) is 0. The lowest BCUT2D eigenvalue weighted by Gasteiger charge is -2.09. The second-order valence-corrected chi connectivity index (χ2v) is 5.47. The molecular formula is C18H13ClFN3O2. The monoisotopic (exact) mass is 357 g/mol. The van der Waals surface area contributed by atoms with Crippen molar-refractivity contribution in [3.05, 3.63) is 71.4 Å². The summed E-state index contributed by atoms with van der Waals surface area (Å²) < 4.78 is 18.4. The molecule has 1 amide bonds. The van der Waals surface area contributed by atoms with Crippen LogP contribution in [0.25, 0.3) is 11.1 Å². The summed E-state index contributed by atoms with van der Waals surface area (Å²) in [6, 6.07) is 10.8. The van der Waals surface area contributed by atoms with E-state index in [1.54, 1.807) is 30.3 Å². The molecule has 0 aliphatic heterocycles. The van der Waals surface area contributed by atoms with Crippen molar-refractivity contribution in [2.45, 2.75) is 0 Å². The van der Waals surface area contributed by atoms with Crippen molar-refractivity contribution < 1.29 is 13.9 Å². The highest BCUT2D eigenvalue weighted by atomic mass is 35.5. The van der Waals surface area contributed by atoms with Gasteiger partial charge in [0.15, 0.2) is 0 Å². The van der Waals surface area contributed by atoms with E-state index in [1.807, 2.05) is 0 Å². The van der Waals surface area contributed by atoms with E-state index in [1.165, 1.54) is 31.6 Å². The normalized spacial score (nSPS) is 10.4. The summed E-state index contributed by atoms with van der Waals surface area (Å²) in [4.78, 5) is 20.4. The highest BCUT2D eigenvalue weighted by Crippen LogP contribution is 2.27. The topological polar surface area (TPSA) is 64.1 Å². The molecule has 2 heterocycles. The fourth-order valence-corrected chi connectivity index (χ4v) is 2.42. The number of benzene rings is 1. The van der Waals surface area contributed by atoms with Gasteiger partial charge in [-0.3, -0.25) is 4.79 Å². The molecule has 3 aromatic rings. The van der Waals surface area contributed by atoms with Crippen LogP contribution in [-0.4, -0.2) is 23.0 Å². The third-order valence-corrected chi connectivity index (χ3v) is 3.74. The fraction of sp³-hybridized carbons (Fsp3) is 0.0556. The number of ether oxygens (including phenoxy) is 1. The van der Waals surface area contributed by atoms with E-state index in [0.717, 1.165) is 0 Å². The minimum absolute atomic E-state index is 0.188. The first-order chi connectivity index (χ1) is 12.1. The molecule has 0 radical (unpaired) electrons. The minimum Gasteiger partial charge on any atom is -0.481 e. The van der Waals surface area contributed by atoms with Crippen LogP contribution in [0.4, 0.5) is 10.1 Å². The second kappa shape index (κ2) is 7.27. The molecular weight excluding hydrogens is 345 g/mol. The Morgan fingerprint density at radius 1 is 1.16 bits per heavy atom. The van der Waals surface area contributed by atoms with Crippen LogP contribution < -0.4 is 10.1 Å². The SMILES string of the molecule is COc1ccc(NC(=O)c2cnc(Cl)c(-c3cccc(F)c3)c2)cn1. The van der Waals surface area contributed by atoms with Gasteiger partial charge in [-0.2, -0.15) is 0 Å². The van der Waals surface area contributed by atoms with Gasteiger partial charge in [-0.25, -0.2) is 14.4 Å². The summed E-state index contributed by atoms with van der Waals surface area (Å²) in [7, 11) is 1.51. The number of carbonyl (C=O) groups is 1. The third-order valence-electron chi connectivity index (χ3n) is 3.44. The van der Waals surface area contributed by atoms with Gasteiger partial charge in [0, 0.05) is 17.8 Å². The van der Waals surface area contributed by atoms with Gasteiger partial charge < -0.3 is 10.1 Å². The average molecular weight is 358 g/mol. The first-order valence-electron chi connectivity index (χ1n) is 7.29. The maximum Gasteiger partial charge on any atom is 0.257 e. The van der Waals surface area contributed by atoms with Gasteiger partial charge in [0.1, 0.15) is 11.0 Å². The smallest absolute Gasteiger partial charge is 0.257 e. The van der Waals surface area contributed by atoms with Gasteiger partial charge in [-0.05, 0) is 29.8 Å². The predicted octanol–water partition coefficient (Wildman–Crippen LogP) is 4.20. The maximum atomic E-state index is 13.4. The Balaban J connectivity index is 1.86. The van der Waals surface area contributed by atoms with Crippen molar-refractivity contribution in [3.8, 4) is 17.0 Å². The number of hydrogen-bond donors (Lipinski definition) is 1. The molecule has 7 heteroatoms. The zero-order chi connectivity index (χ0) is 17.8. The van der Waals surface area contributed by atoms with Gasteiger partial charge in [0.2, 0.25) is 5.88 Å². The lowest BCUT2D eigenvalue weighted by Crippen LogP contribution is -2.12. The van der Waals surface area contributed by atoms with Crippen molar-refractivity contribution >= 4 is 23.2 Å². The van der Waals surface area contributed by atoms with E-state index in [-0.39, 0.29) is 11.1 Å². The summed E-state index contributed by atoms with van der Waals surface area (Å²) in [6.07, 6.45) is 2.84. The molecule has 5 nitrogen and oxygen atoms in total. The van der Waals surface area contributed by atoms with Crippen molar-refractivity contribution in [2.24, 2.45) is 0 Å². The Bertz CT molecular complexity index is 916. The van der Waals surface area contributed by atoms with E-state index in [0.29, 0.717) is 28.3 Å². The lowest BCUT2D eigenvalue weighted by atomic mass is 10.1. The number of anilines is 1. The number of pyridine rings is 2. The number of hydrogen-bond acceptors (Lipinski definition) is 4. The summed E-state index contributed by atoms with van der Waals surface area (Å²) in [5, 5.41) is 2.89. The number of carbonyl (C=O) groups excluding carboxylic acids is 1. The van der Waals surface area contributed by atoms with Crippen LogP contribution in [0, 0.1) is 5.82 Å². The predicted molar refractivity (Wildman–Crippen MR) is 93.4 cm³/mol. The lowest BCUT2D eigenvalue weighted by molar-refractivity contribution is 0.102. The van der Waals surface area contributed by atoms with Gasteiger partial charge in [-0.15, -0.1) is 0 Å². The van der Waals surface area contributed by atoms with Crippen LogP contribution in [0.3, 0.4) is 0 Å². The number of rotatable bonds is 4. The van der Waals surface area contributed by atoms with E-state index < -0.39 is 5.82 Å². The summed E-state index contributed by atoms with van der Waals surface area (Å²) in [5.41, 5.74) is 1.81. The molecule has 0 fully saturated rings. The highest BCUT2D eigenvalue weighted by Gasteiger charge is 2.12. The largest absolute Gasteiger partial charge is 0.481 e. The maximum absolute atomic E-state index is 13.4.